The van der Waals surface area contributed by atoms with Gasteiger partial charge in [0.25, 0.3) is 0 Å². The molecule has 5 N–H and O–H groups in total. The van der Waals surface area contributed by atoms with Crippen molar-refractivity contribution in [3.63, 3.8) is 0 Å². The normalized spacial score (nSPS) is 10.3. The molecular formula is C15H21N5O2. The molecule has 0 radical (unpaired) electrons. The maximum Gasteiger partial charge on any atom is 0.244 e. The minimum absolute atomic E-state index is 0.180. The number of nitrogens with two attached hydrogens (primary N) is 2. The number of nitrogens with one attached hydrogen (secondary N) is 1. The largest absolute Gasteiger partial charge is 0.495 e. The summed E-state index contributed by atoms with van der Waals surface area (Å²) in [6, 6.07) is 7.44. The summed E-state index contributed by atoms with van der Waals surface area (Å²) in [5.74, 6) is 1.45. The van der Waals surface area contributed by atoms with Gasteiger partial charge in [0, 0.05) is 0 Å². The summed E-state index contributed by atoms with van der Waals surface area (Å²) in [4.78, 5) is 8.40. The first-order chi connectivity index (χ1) is 10.7. The van der Waals surface area contributed by atoms with Crippen molar-refractivity contribution in [1.29, 1.82) is 0 Å². The van der Waals surface area contributed by atoms with Gasteiger partial charge in [0.05, 0.1) is 19.4 Å². The van der Waals surface area contributed by atoms with Gasteiger partial charge in [-0.25, -0.2) is 0 Å². The lowest BCUT2D eigenvalue weighted by Gasteiger charge is -2.13. The van der Waals surface area contributed by atoms with E-state index in [4.69, 9.17) is 20.9 Å². The van der Waals surface area contributed by atoms with Crippen LogP contribution in [0.5, 0.6) is 11.6 Å². The van der Waals surface area contributed by atoms with Gasteiger partial charge in [0.15, 0.2) is 5.82 Å². The fourth-order valence-electron chi connectivity index (χ4n) is 1.81. The van der Waals surface area contributed by atoms with Crippen LogP contribution >= 0.6 is 0 Å². The van der Waals surface area contributed by atoms with Crippen molar-refractivity contribution in [3.05, 3.63) is 24.3 Å². The molecule has 1 aromatic carbocycles. The van der Waals surface area contributed by atoms with Crippen LogP contribution in [0.1, 0.15) is 19.8 Å². The summed E-state index contributed by atoms with van der Waals surface area (Å²) in [6.45, 7) is 2.61. The molecule has 7 nitrogen and oxygen atoms in total. The van der Waals surface area contributed by atoms with E-state index >= 15 is 0 Å². The maximum atomic E-state index is 5.86. The van der Waals surface area contributed by atoms with Crippen molar-refractivity contribution in [3.8, 4) is 11.6 Å². The summed E-state index contributed by atoms with van der Waals surface area (Å²) >= 11 is 0. The van der Waals surface area contributed by atoms with E-state index in [2.05, 4.69) is 22.2 Å². The minimum atomic E-state index is 0.180. The van der Waals surface area contributed by atoms with Gasteiger partial charge in [0.2, 0.25) is 11.8 Å². The lowest BCUT2D eigenvalue weighted by atomic mass is 10.3. The zero-order chi connectivity index (χ0) is 15.9. The van der Waals surface area contributed by atoms with Crippen LogP contribution in [0.15, 0.2) is 24.3 Å². The first kappa shape index (κ1) is 15.7. The second kappa shape index (κ2) is 7.35. The number of benzene rings is 1. The fraction of sp³-hybridized carbons (Fsp3) is 0.333. The Hall–Kier alpha value is -2.70. The van der Waals surface area contributed by atoms with Gasteiger partial charge in [-0.3, -0.25) is 0 Å². The highest BCUT2D eigenvalue weighted by Crippen LogP contribution is 2.29. The molecular weight excluding hydrogens is 282 g/mol. The standard InChI is InChI=1S/C15H21N5O2/c1-3-4-9-22-14-12(16)13(17)19-15(20-14)18-10-7-5-6-8-11(10)21-2/h5-8H,3-4,9,16H2,1-2H3,(H3,17,18,19,20). The first-order valence-electron chi connectivity index (χ1n) is 7.11. The van der Waals surface area contributed by atoms with Crippen molar-refractivity contribution in [2.24, 2.45) is 0 Å². The highest BCUT2D eigenvalue weighted by atomic mass is 16.5. The van der Waals surface area contributed by atoms with Gasteiger partial charge in [0.1, 0.15) is 11.4 Å². The number of anilines is 4. The zero-order valence-electron chi connectivity index (χ0n) is 12.8. The van der Waals surface area contributed by atoms with Crippen molar-refractivity contribution < 1.29 is 9.47 Å². The number of hydrogen-bond donors (Lipinski definition) is 3. The summed E-state index contributed by atoms with van der Waals surface area (Å²) in [5, 5.41) is 3.06. The van der Waals surface area contributed by atoms with E-state index in [0.29, 0.717) is 24.2 Å². The molecule has 0 bridgehead atoms. The third-order valence-electron chi connectivity index (χ3n) is 3.03. The predicted molar refractivity (Wildman–Crippen MR) is 87.5 cm³/mol. The van der Waals surface area contributed by atoms with Gasteiger partial charge in [-0.1, -0.05) is 25.5 Å². The topological polar surface area (TPSA) is 108 Å². The van der Waals surface area contributed by atoms with E-state index in [9.17, 15) is 0 Å². The molecule has 0 saturated carbocycles. The molecule has 1 heterocycles. The molecule has 1 aromatic heterocycles. The van der Waals surface area contributed by atoms with Crippen molar-refractivity contribution in [1.82, 2.24) is 9.97 Å². The Bertz CT molecular complexity index is 633. The van der Waals surface area contributed by atoms with Crippen LogP contribution in [-0.2, 0) is 0 Å². The maximum absolute atomic E-state index is 5.86. The summed E-state index contributed by atoms with van der Waals surface area (Å²) < 4.78 is 10.8. The third kappa shape index (κ3) is 3.69. The highest BCUT2D eigenvalue weighted by molar-refractivity contribution is 5.69. The van der Waals surface area contributed by atoms with Crippen LogP contribution < -0.4 is 26.3 Å². The number of hydrogen-bond acceptors (Lipinski definition) is 7. The Labute approximate surface area is 129 Å². The Morgan fingerprint density at radius 3 is 2.68 bits per heavy atom. The molecule has 0 aliphatic heterocycles. The zero-order valence-corrected chi connectivity index (χ0v) is 12.8. The number of aromatic nitrogens is 2. The SMILES string of the molecule is CCCCOc1nc(Nc2ccccc2OC)nc(N)c1N. The molecule has 0 saturated heterocycles. The van der Waals surface area contributed by atoms with Crippen LogP contribution in [0.3, 0.4) is 0 Å². The van der Waals surface area contributed by atoms with Crippen molar-refractivity contribution in [2.75, 3.05) is 30.5 Å². The van der Waals surface area contributed by atoms with E-state index in [1.807, 2.05) is 24.3 Å². The average Bonchev–Trinajstić information content (AvgIpc) is 2.52. The van der Waals surface area contributed by atoms with Gasteiger partial charge >= 0.3 is 0 Å². The van der Waals surface area contributed by atoms with Crippen molar-refractivity contribution in [2.45, 2.75) is 19.8 Å². The second-order valence-corrected chi connectivity index (χ2v) is 4.68. The number of rotatable bonds is 7. The molecule has 2 rings (SSSR count). The Morgan fingerprint density at radius 2 is 1.95 bits per heavy atom. The molecule has 2 aromatic rings. The summed E-state index contributed by atoms with van der Waals surface area (Å²) in [7, 11) is 1.60. The van der Waals surface area contributed by atoms with Crippen molar-refractivity contribution >= 4 is 23.1 Å². The minimum Gasteiger partial charge on any atom is -0.495 e. The van der Waals surface area contributed by atoms with E-state index in [-0.39, 0.29) is 11.5 Å². The van der Waals surface area contributed by atoms with Crippen LogP contribution in [0.4, 0.5) is 23.1 Å². The molecule has 0 amide bonds. The second-order valence-electron chi connectivity index (χ2n) is 4.68. The lowest BCUT2D eigenvalue weighted by molar-refractivity contribution is 0.299. The molecule has 7 heteroatoms. The van der Waals surface area contributed by atoms with Gasteiger partial charge in [-0.2, -0.15) is 9.97 Å². The summed E-state index contributed by atoms with van der Waals surface area (Å²) in [5.41, 5.74) is 12.7. The number of methoxy groups -OCH3 is 1. The predicted octanol–water partition coefficient (Wildman–Crippen LogP) is 2.57. The molecule has 0 fully saturated rings. The molecule has 0 aliphatic carbocycles. The molecule has 118 valence electrons. The van der Waals surface area contributed by atoms with E-state index in [1.165, 1.54) is 0 Å². The van der Waals surface area contributed by atoms with Crippen LogP contribution in [-0.4, -0.2) is 23.7 Å². The van der Waals surface area contributed by atoms with Crippen LogP contribution in [0.2, 0.25) is 0 Å². The number of para-hydroxylation sites is 2. The molecule has 0 atom stereocenters. The van der Waals surface area contributed by atoms with Crippen LogP contribution in [0, 0.1) is 0 Å². The molecule has 0 aliphatic rings. The average molecular weight is 303 g/mol. The number of ether oxygens (including phenoxy) is 2. The Kier molecular flexibility index (Phi) is 5.24. The molecule has 22 heavy (non-hydrogen) atoms. The fourth-order valence-corrected chi connectivity index (χ4v) is 1.81. The smallest absolute Gasteiger partial charge is 0.244 e. The van der Waals surface area contributed by atoms with E-state index in [0.717, 1.165) is 18.5 Å². The van der Waals surface area contributed by atoms with E-state index in [1.54, 1.807) is 7.11 Å². The number of nitrogen functional groups attached to an aromatic ring is 2. The quantitative estimate of drug-likeness (QED) is 0.674. The van der Waals surface area contributed by atoms with Gasteiger partial charge in [-0.05, 0) is 18.6 Å². The first-order valence-corrected chi connectivity index (χ1v) is 7.11. The lowest BCUT2D eigenvalue weighted by Crippen LogP contribution is -2.09. The van der Waals surface area contributed by atoms with Crippen LogP contribution in [0.25, 0.3) is 0 Å². The highest BCUT2D eigenvalue weighted by Gasteiger charge is 2.12. The summed E-state index contributed by atoms with van der Waals surface area (Å²) in [6.07, 6.45) is 1.94. The number of unbranched alkanes of at least 4 members (excludes halogenated alkanes) is 1. The monoisotopic (exact) mass is 303 g/mol. The Morgan fingerprint density at radius 1 is 1.18 bits per heavy atom. The van der Waals surface area contributed by atoms with Gasteiger partial charge < -0.3 is 26.3 Å². The Balaban J connectivity index is 2.24. The van der Waals surface area contributed by atoms with Gasteiger partial charge in [-0.15, -0.1) is 0 Å². The van der Waals surface area contributed by atoms with E-state index < -0.39 is 0 Å². The third-order valence-corrected chi connectivity index (χ3v) is 3.03. The number of nitrogens with zero attached hydrogens (tertiary/aromatic N) is 2. The molecule has 0 unspecified atom stereocenters. The molecule has 0 spiro atoms.